The van der Waals surface area contributed by atoms with Gasteiger partial charge in [0.1, 0.15) is 0 Å². The van der Waals surface area contributed by atoms with E-state index in [1.54, 1.807) is 24.3 Å². The number of aliphatic hydroxyl groups is 1. The van der Waals surface area contributed by atoms with E-state index in [0.29, 0.717) is 23.6 Å². The molecular formula is C17H16N6O3S. The molecule has 0 aliphatic rings. The molecule has 0 bridgehead atoms. The maximum absolute atomic E-state index is 12.0. The molecule has 0 spiro atoms. The Morgan fingerprint density at radius 3 is 2.44 bits per heavy atom. The summed E-state index contributed by atoms with van der Waals surface area (Å²) in [6, 6.07) is 13.2. The van der Waals surface area contributed by atoms with Crippen molar-refractivity contribution in [1.29, 1.82) is 0 Å². The molecule has 2 aromatic carbocycles. The van der Waals surface area contributed by atoms with Crippen molar-refractivity contribution >= 4 is 15.7 Å². The smallest absolute Gasteiger partial charge is 0.240 e. The fourth-order valence-corrected chi connectivity index (χ4v) is 3.33. The van der Waals surface area contributed by atoms with Crippen molar-refractivity contribution in [2.45, 2.75) is 11.4 Å². The minimum Gasteiger partial charge on any atom is -0.395 e. The molecule has 0 amide bonds. The summed E-state index contributed by atoms with van der Waals surface area (Å²) < 4.78 is 26.3. The summed E-state index contributed by atoms with van der Waals surface area (Å²) in [6.07, 6.45) is 0. The van der Waals surface area contributed by atoms with E-state index in [-0.39, 0.29) is 18.0 Å². The van der Waals surface area contributed by atoms with Gasteiger partial charge < -0.3 is 5.11 Å². The van der Waals surface area contributed by atoms with Crippen LogP contribution in [0.4, 0.5) is 5.69 Å². The second-order valence-corrected chi connectivity index (χ2v) is 7.33. The molecule has 2 N–H and O–H groups in total. The van der Waals surface area contributed by atoms with Crippen molar-refractivity contribution in [3.8, 4) is 11.4 Å². The lowest BCUT2D eigenvalue weighted by molar-refractivity contribution is 0.301. The van der Waals surface area contributed by atoms with E-state index in [0.717, 1.165) is 5.56 Å². The topological polar surface area (TPSA) is 114 Å². The van der Waals surface area contributed by atoms with Gasteiger partial charge in [-0.05, 0) is 35.0 Å². The molecule has 0 aliphatic carbocycles. The Hall–Kier alpha value is -3.13. The standard InChI is InChI=1S/C17H16N6O3S/c1-18-15-6-2-13(3-7-15)12-23-21-17(20-22-23)14-4-8-16(9-5-14)27(25,26)19-10-11-24/h2-9,19,24H,10-12H2. The van der Waals surface area contributed by atoms with Crippen LogP contribution in [-0.2, 0) is 16.6 Å². The highest BCUT2D eigenvalue weighted by Gasteiger charge is 2.14. The number of sulfonamides is 1. The van der Waals surface area contributed by atoms with E-state index in [1.807, 2.05) is 12.1 Å². The first-order valence-electron chi connectivity index (χ1n) is 7.97. The van der Waals surface area contributed by atoms with Crippen molar-refractivity contribution in [3.05, 3.63) is 65.5 Å². The Balaban J connectivity index is 1.73. The van der Waals surface area contributed by atoms with Crippen LogP contribution in [0.1, 0.15) is 5.56 Å². The van der Waals surface area contributed by atoms with E-state index in [1.165, 1.54) is 16.9 Å². The van der Waals surface area contributed by atoms with Crippen LogP contribution in [0.3, 0.4) is 0 Å². The number of aliphatic hydroxyl groups excluding tert-OH is 1. The highest BCUT2D eigenvalue weighted by Crippen LogP contribution is 2.18. The molecule has 1 aromatic heterocycles. The summed E-state index contributed by atoms with van der Waals surface area (Å²) in [5.41, 5.74) is 2.13. The van der Waals surface area contributed by atoms with E-state index >= 15 is 0 Å². The van der Waals surface area contributed by atoms with Gasteiger partial charge in [0.05, 0.1) is 24.6 Å². The average Bonchev–Trinajstić information content (AvgIpc) is 3.15. The largest absolute Gasteiger partial charge is 0.395 e. The predicted molar refractivity (Wildman–Crippen MR) is 97.3 cm³/mol. The minimum atomic E-state index is -3.66. The number of nitrogens with one attached hydrogen (secondary N) is 1. The molecule has 1 heterocycles. The third-order valence-electron chi connectivity index (χ3n) is 3.67. The van der Waals surface area contributed by atoms with Gasteiger partial charge in [0.25, 0.3) is 0 Å². The van der Waals surface area contributed by atoms with Crippen LogP contribution in [0.5, 0.6) is 0 Å². The maximum Gasteiger partial charge on any atom is 0.240 e. The lowest BCUT2D eigenvalue weighted by atomic mass is 10.2. The Labute approximate surface area is 156 Å². The van der Waals surface area contributed by atoms with E-state index in [9.17, 15) is 8.42 Å². The SMILES string of the molecule is [C-]#[N+]c1ccc(Cn2nnc(-c3ccc(S(=O)(=O)NCCO)cc3)n2)cc1. The molecular weight excluding hydrogens is 368 g/mol. The second-order valence-electron chi connectivity index (χ2n) is 5.57. The zero-order chi connectivity index (χ0) is 19.3. The molecule has 0 atom stereocenters. The summed E-state index contributed by atoms with van der Waals surface area (Å²) in [4.78, 5) is 4.86. The molecule has 3 aromatic rings. The molecule has 9 nitrogen and oxygen atoms in total. The normalized spacial score (nSPS) is 11.3. The maximum atomic E-state index is 12.0. The van der Waals surface area contributed by atoms with Gasteiger partial charge >= 0.3 is 0 Å². The number of tetrazole rings is 1. The van der Waals surface area contributed by atoms with Crippen LogP contribution in [-0.4, -0.2) is 46.9 Å². The third-order valence-corrected chi connectivity index (χ3v) is 5.15. The summed E-state index contributed by atoms with van der Waals surface area (Å²) in [6.45, 7) is 7.04. The summed E-state index contributed by atoms with van der Waals surface area (Å²) >= 11 is 0. The lowest BCUT2D eigenvalue weighted by Crippen LogP contribution is -2.26. The van der Waals surface area contributed by atoms with Gasteiger partial charge in [-0.3, -0.25) is 0 Å². The number of hydrogen-bond donors (Lipinski definition) is 2. The lowest BCUT2D eigenvalue weighted by Gasteiger charge is -2.05. The molecule has 3 rings (SSSR count). The molecule has 138 valence electrons. The molecule has 0 saturated heterocycles. The zero-order valence-electron chi connectivity index (χ0n) is 14.1. The van der Waals surface area contributed by atoms with Crippen molar-refractivity contribution in [2.24, 2.45) is 0 Å². The monoisotopic (exact) mass is 384 g/mol. The summed E-state index contributed by atoms with van der Waals surface area (Å²) in [5.74, 6) is 0.375. The van der Waals surface area contributed by atoms with Gasteiger partial charge in [-0.15, -0.1) is 10.2 Å². The van der Waals surface area contributed by atoms with Gasteiger partial charge in [-0.2, -0.15) is 4.80 Å². The van der Waals surface area contributed by atoms with Crippen LogP contribution in [0, 0.1) is 6.57 Å². The van der Waals surface area contributed by atoms with Crippen molar-refractivity contribution in [3.63, 3.8) is 0 Å². The van der Waals surface area contributed by atoms with Crippen LogP contribution in [0.25, 0.3) is 16.2 Å². The van der Waals surface area contributed by atoms with E-state index < -0.39 is 10.0 Å². The van der Waals surface area contributed by atoms with Crippen molar-refractivity contribution < 1.29 is 13.5 Å². The quantitative estimate of drug-likeness (QED) is 0.592. The second kappa shape index (κ2) is 8.05. The highest BCUT2D eigenvalue weighted by atomic mass is 32.2. The van der Waals surface area contributed by atoms with Crippen LogP contribution < -0.4 is 4.72 Å². The van der Waals surface area contributed by atoms with Gasteiger partial charge in [0.2, 0.25) is 15.8 Å². The van der Waals surface area contributed by atoms with Crippen LogP contribution in [0.2, 0.25) is 0 Å². The summed E-state index contributed by atoms with van der Waals surface area (Å²) in [7, 11) is -3.66. The zero-order valence-corrected chi connectivity index (χ0v) is 15.0. The average molecular weight is 384 g/mol. The first-order chi connectivity index (χ1) is 13.0. The number of aromatic nitrogens is 4. The molecule has 0 fully saturated rings. The Morgan fingerprint density at radius 2 is 1.81 bits per heavy atom. The third kappa shape index (κ3) is 4.53. The van der Waals surface area contributed by atoms with Gasteiger partial charge in [0.15, 0.2) is 5.69 Å². The number of nitrogens with zero attached hydrogens (tertiary/aromatic N) is 5. The predicted octanol–water partition coefficient (Wildman–Crippen LogP) is 1.21. The molecule has 27 heavy (non-hydrogen) atoms. The fraction of sp³-hybridized carbons (Fsp3) is 0.176. The first kappa shape index (κ1) is 18.7. The molecule has 0 radical (unpaired) electrons. The fourth-order valence-electron chi connectivity index (χ4n) is 2.31. The molecule has 0 unspecified atom stereocenters. The van der Waals surface area contributed by atoms with Crippen LogP contribution >= 0.6 is 0 Å². The van der Waals surface area contributed by atoms with Gasteiger partial charge in [0, 0.05) is 12.1 Å². The molecule has 0 saturated carbocycles. The summed E-state index contributed by atoms with van der Waals surface area (Å²) in [5, 5.41) is 21.0. The van der Waals surface area contributed by atoms with Crippen molar-refractivity contribution in [2.75, 3.05) is 13.2 Å². The number of benzene rings is 2. The molecule has 10 heteroatoms. The van der Waals surface area contributed by atoms with E-state index in [4.69, 9.17) is 11.7 Å². The number of hydrogen-bond acceptors (Lipinski definition) is 6. The number of rotatable bonds is 7. The molecule has 0 aliphatic heterocycles. The van der Waals surface area contributed by atoms with Gasteiger partial charge in [-0.1, -0.05) is 24.3 Å². The van der Waals surface area contributed by atoms with Crippen LogP contribution in [0.15, 0.2) is 53.4 Å². The van der Waals surface area contributed by atoms with Crippen molar-refractivity contribution in [1.82, 2.24) is 24.9 Å². The minimum absolute atomic E-state index is 0.0448. The van der Waals surface area contributed by atoms with Gasteiger partial charge in [-0.25, -0.2) is 18.0 Å². The Morgan fingerprint density at radius 1 is 1.11 bits per heavy atom. The van der Waals surface area contributed by atoms with E-state index in [2.05, 4.69) is 25.0 Å². The highest BCUT2D eigenvalue weighted by molar-refractivity contribution is 7.89. The Kier molecular flexibility index (Phi) is 5.56. The Bertz CT molecular complexity index is 1050. The first-order valence-corrected chi connectivity index (χ1v) is 9.45.